The van der Waals surface area contributed by atoms with Crippen LogP contribution in [0.15, 0.2) is 48.5 Å². The predicted molar refractivity (Wildman–Crippen MR) is 119 cm³/mol. The third-order valence-corrected chi connectivity index (χ3v) is 5.00. The number of rotatable bonds is 7. The fraction of sp³-hybridized carbons (Fsp3) is 0.348. The minimum Gasteiger partial charge on any atom is -0.376 e. The Morgan fingerprint density at radius 1 is 0.767 bits per heavy atom. The van der Waals surface area contributed by atoms with E-state index in [1.54, 1.807) is 55.5 Å². The van der Waals surface area contributed by atoms with E-state index >= 15 is 0 Å². The molecule has 2 aromatic carbocycles. The molecule has 1 aliphatic rings. The van der Waals surface area contributed by atoms with E-state index in [1.165, 1.54) is 6.42 Å². The Hall–Kier alpha value is -3.35. The maximum Gasteiger partial charge on any atom is 0.253 e. The molecule has 7 nitrogen and oxygen atoms in total. The molecule has 1 saturated heterocycles. The van der Waals surface area contributed by atoms with Gasteiger partial charge in [0, 0.05) is 42.1 Å². The quantitative estimate of drug-likeness (QED) is 0.651. The van der Waals surface area contributed by atoms with Crippen LogP contribution in [0.4, 0.5) is 17.1 Å². The summed E-state index contributed by atoms with van der Waals surface area (Å²) in [5.41, 5.74) is 2.79. The second-order valence-corrected chi connectivity index (χ2v) is 7.31. The molecule has 0 unspecified atom stereocenters. The number of carbonyl (C=O) groups is 3. The van der Waals surface area contributed by atoms with Gasteiger partial charge in [-0.25, -0.2) is 0 Å². The second-order valence-electron chi connectivity index (χ2n) is 7.31. The lowest BCUT2D eigenvalue weighted by Gasteiger charge is -2.26. The highest BCUT2D eigenvalue weighted by Crippen LogP contribution is 2.16. The lowest BCUT2D eigenvalue weighted by molar-refractivity contribution is -0.116. The second kappa shape index (κ2) is 10.4. The molecule has 30 heavy (non-hydrogen) atoms. The lowest BCUT2D eigenvalue weighted by Crippen LogP contribution is -2.35. The summed E-state index contributed by atoms with van der Waals surface area (Å²) in [4.78, 5) is 38.0. The Balaban J connectivity index is 1.46. The topological polar surface area (TPSA) is 90.5 Å². The smallest absolute Gasteiger partial charge is 0.253 e. The van der Waals surface area contributed by atoms with E-state index in [1.807, 2.05) is 4.90 Å². The maximum absolute atomic E-state index is 12.5. The standard InChI is InChI=1S/C23H28N4O3/c1-2-21(28)25-20-12-10-18(11-13-20)24-16-22(29)26-19-8-6-17(7-9-19)23(30)27-14-4-3-5-15-27/h6-13,24H,2-5,14-16H2,1H3,(H,25,28)(H,26,29). The monoisotopic (exact) mass is 408 g/mol. The molecule has 7 heteroatoms. The molecule has 3 amide bonds. The molecule has 3 rings (SSSR count). The average Bonchev–Trinajstić information content (AvgIpc) is 2.79. The first kappa shape index (κ1) is 21.4. The number of nitrogens with zero attached hydrogens (tertiary/aromatic N) is 1. The van der Waals surface area contributed by atoms with Crippen molar-refractivity contribution >= 4 is 34.8 Å². The summed E-state index contributed by atoms with van der Waals surface area (Å²) in [6, 6.07) is 14.2. The Kier molecular flexibility index (Phi) is 7.43. The Bertz CT molecular complexity index is 872. The minimum absolute atomic E-state index is 0.0428. The first-order chi connectivity index (χ1) is 14.5. The highest BCUT2D eigenvalue weighted by Gasteiger charge is 2.18. The summed E-state index contributed by atoms with van der Waals surface area (Å²) in [6.45, 7) is 3.53. The Morgan fingerprint density at radius 2 is 1.30 bits per heavy atom. The number of hydrogen-bond acceptors (Lipinski definition) is 4. The van der Waals surface area contributed by atoms with E-state index in [2.05, 4.69) is 16.0 Å². The van der Waals surface area contributed by atoms with Crippen LogP contribution in [-0.2, 0) is 9.59 Å². The summed E-state index contributed by atoms with van der Waals surface area (Å²) in [6.07, 6.45) is 3.72. The van der Waals surface area contributed by atoms with Crippen molar-refractivity contribution < 1.29 is 14.4 Å². The van der Waals surface area contributed by atoms with Gasteiger partial charge in [0.15, 0.2) is 0 Å². The number of carbonyl (C=O) groups excluding carboxylic acids is 3. The van der Waals surface area contributed by atoms with Crippen molar-refractivity contribution in [2.45, 2.75) is 32.6 Å². The van der Waals surface area contributed by atoms with Crippen LogP contribution in [0.3, 0.4) is 0 Å². The molecule has 0 radical (unpaired) electrons. The van der Waals surface area contributed by atoms with E-state index in [-0.39, 0.29) is 24.3 Å². The van der Waals surface area contributed by atoms with Crippen molar-refractivity contribution in [2.75, 3.05) is 35.6 Å². The van der Waals surface area contributed by atoms with Crippen molar-refractivity contribution in [3.8, 4) is 0 Å². The van der Waals surface area contributed by atoms with Gasteiger partial charge in [0.2, 0.25) is 11.8 Å². The largest absolute Gasteiger partial charge is 0.376 e. The molecule has 2 aromatic rings. The third-order valence-electron chi connectivity index (χ3n) is 5.00. The van der Waals surface area contributed by atoms with E-state index in [4.69, 9.17) is 0 Å². The summed E-state index contributed by atoms with van der Waals surface area (Å²) in [5.74, 6) is -0.181. The zero-order valence-electron chi connectivity index (χ0n) is 17.2. The molecule has 158 valence electrons. The molecule has 0 atom stereocenters. The minimum atomic E-state index is -0.187. The number of nitrogens with one attached hydrogen (secondary N) is 3. The van der Waals surface area contributed by atoms with E-state index in [9.17, 15) is 14.4 Å². The normalized spacial score (nSPS) is 13.4. The van der Waals surface area contributed by atoms with Crippen molar-refractivity contribution in [1.29, 1.82) is 0 Å². The summed E-state index contributed by atoms with van der Waals surface area (Å²) in [5, 5.41) is 8.64. The molecular weight excluding hydrogens is 380 g/mol. The highest BCUT2D eigenvalue weighted by molar-refractivity contribution is 5.97. The Morgan fingerprint density at radius 3 is 1.90 bits per heavy atom. The van der Waals surface area contributed by atoms with E-state index in [0.29, 0.717) is 17.7 Å². The van der Waals surface area contributed by atoms with Gasteiger partial charge in [0.05, 0.1) is 6.54 Å². The maximum atomic E-state index is 12.5. The van der Waals surface area contributed by atoms with Crippen LogP contribution in [0, 0.1) is 0 Å². The van der Waals surface area contributed by atoms with Gasteiger partial charge in [0.25, 0.3) is 5.91 Å². The van der Waals surface area contributed by atoms with Crippen molar-refractivity contribution in [1.82, 2.24) is 4.90 Å². The van der Waals surface area contributed by atoms with Gasteiger partial charge >= 0.3 is 0 Å². The summed E-state index contributed by atoms with van der Waals surface area (Å²) < 4.78 is 0. The SMILES string of the molecule is CCC(=O)Nc1ccc(NCC(=O)Nc2ccc(C(=O)N3CCCCC3)cc2)cc1. The fourth-order valence-electron chi connectivity index (χ4n) is 3.28. The lowest BCUT2D eigenvalue weighted by atomic mass is 10.1. The van der Waals surface area contributed by atoms with Crippen LogP contribution < -0.4 is 16.0 Å². The van der Waals surface area contributed by atoms with E-state index in [0.717, 1.165) is 37.3 Å². The van der Waals surface area contributed by atoms with Crippen LogP contribution in [-0.4, -0.2) is 42.3 Å². The first-order valence-electron chi connectivity index (χ1n) is 10.4. The number of anilines is 3. The van der Waals surface area contributed by atoms with Gasteiger partial charge in [-0.05, 0) is 67.8 Å². The van der Waals surface area contributed by atoms with Gasteiger partial charge in [-0.15, -0.1) is 0 Å². The summed E-state index contributed by atoms with van der Waals surface area (Å²) in [7, 11) is 0. The number of amides is 3. The van der Waals surface area contributed by atoms with Gasteiger partial charge in [0.1, 0.15) is 0 Å². The molecule has 1 fully saturated rings. The van der Waals surface area contributed by atoms with Gasteiger partial charge in [-0.2, -0.15) is 0 Å². The van der Waals surface area contributed by atoms with Crippen LogP contribution >= 0.6 is 0 Å². The first-order valence-corrected chi connectivity index (χ1v) is 10.4. The van der Waals surface area contributed by atoms with Crippen LogP contribution in [0.5, 0.6) is 0 Å². The molecule has 0 saturated carbocycles. The van der Waals surface area contributed by atoms with Crippen molar-refractivity contribution in [3.63, 3.8) is 0 Å². The van der Waals surface area contributed by atoms with Crippen LogP contribution in [0.25, 0.3) is 0 Å². The summed E-state index contributed by atoms with van der Waals surface area (Å²) >= 11 is 0. The van der Waals surface area contributed by atoms with Gasteiger partial charge in [-0.1, -0.05) is 6.92 Å². The predicted octanol–water partition coefficient (Wildman–Crippen LogP) is 3.71. The number of likely N-dealkylation sites (tertiary alicyclic amines) is 1. The van der Waals surface area contributed by atoms with Crippen molar-refractivity contribution in [3.05, 3.63) is 54.1 Å². The molecule has 0 bridgehead atoms. The molecule has 0 aliphatic carbocycles. The number of benzene rings is 2. The number of hydrogen-bond donors (Lipinski definition) is 3. The molecule has 0 spiro atoms. The van der Waals surface area contributed by atoms with Gasteiger partial charge in [-0.3, -0.25) is 14.4 Å². The molecule has 1 aliphatic heterocycles. The Labute approximate surface area is 176 Å². The third kappa shape index (κ3) is 6.07. The molecular formula is C23H28N4O3. The number of piperidine rings is 1. The highest BCUT2D eigenvalue weighted by atomic mass is 16.2. The van der Waals surface area contributed by atoms with Crippen molar-refractivity contribution in [2.24, 2.45) is 0 Å². The van der Waals surface area contributed by atoms with E-state index < -0.39 is 0 Å². The zero-order chi connectivity index (χ0) is 21.3. The molecule has 1 heterocycles. The average molecular weight is 409 g/mol. The zero-order valence-corrected chi connectivity index (χ0v) is 17.2. The van der Waals surface area contributed by atoms with Crippen LogP contribution in [0.2, 0.25) is 0 Å². The fourth-order valence-corrected chi connectivity index (χ4v) is 3.28. The molecule has 3 N–H and O–H groups in total. The molecule has 0 aromatic heterocycles. The van der Waals surface area contributed by atoms with Crippen LogP contribution in [0.1, 0.15) is 43.0 Å². The van der Waals surface area contributed by atoms with Gasteiger partial charge < -0.3 is 20.9 Å².